The van der Waals surface area contributed by atoms with Gasteiger partial charge in [-0.1, -0.05) is 48.5 Å². The van der Waals surface area contributed by atoms with Gasteiger partial charge in [-0.15, -0.1) is 0 Å². The van der Waals surface area contributed by atoms with Crippen molar-refractivity contribution in [1.82, 2.24) is 0 Å². The second-order valence-electron chi connectivity index (χ2n) is 7.06. The van der Waals surface area contributed by atoms with Crippen LogP contribution in [-0.4, -0.2) is 17.9 Å². The lowest BCUT2D eigenvalue weighted by atomic mass is 9.90. The lowest BCUT2D eigenvalue weighted by Gasteiger charge is -2.28. The normalized spacial score (nSPS) is 23.6. The number of hydroxylamine groups is 1. The smallest absolute Gasteiger partial charge is 0.266 e. The Morgan fingerprint density at radius 2 is 1.41 bits per heavy atom. The maximum atomic E-state index is 14.0. The molecule has 0 spiro atoms. The number of amides is 2. The van der Waals surface area contributed by atoms with Crippen molar-refractivity contribution in [2.45, 2.75) is 12.1 Å². The fourth-order valence-corrected chi connectivity index (χ4v) is 4.07. The summed E-state index contributed by atoms with van der Waals surface area (Å²) < 4.78 is 14.0. The van der Waals surface area contributed by atoms with E-state index >= 15 is 0 Å². The molecule has 0 radical (unpaired) electrons. The molecule has 0 N–H and O–H groups in total. The van der Waals surface area contributed by atoms with Crippen LogP contribution in [0.15, 0.2) is 84.9 Å². The predicted octanol–water partition coefficient (Wildman–Crippen LogP) is 3.88. The maximum absolute atomic E-state index is 14.0. The average Bonchev–Trinajstić information content (AvgIpc) is 3.26. The first kappa shape index (κ1) is 17.6. The number of carbonyl (C=O) groups is 2. The van der Waals surface area contributed by atoms with Crippen LogP contribution in [0.3, 0.4) is 0 Å². The monoisotopic (exact) mass is 388 g/mol. The summed E-state index contributed by atoms with van der Waals surface area (Å²) in [5, 5.41) is 1.56. The predicted molar refractivity (Wildman–Crippen MR) is 105 cm³/mol. The number of imide groups is 1. The zero-order chi connectivity index (χ0) is 20.0. The molecule has 0 aliphatic carbocycles. The number of anilines is 2. The Kier molecular flexibility index (Phi) is 4.14. The molecule has 0 saturated carbocycles. The molecule has 3 atom stereocenters. The van der Waals surface area contributed by atoms with Crippen LogP contribution in [0, 0.1) is 11.7 Å². The Balaban J connectivity index is 1.60. The molecule has 2 heterocycles. The van der Waals surface area contributed by atoms with E-state index in [4.69, 9.17) is 4.84 Å². The van der Waals surface area contributed by atoms with Gasteiger partial charge in [0.1, 0.15) is 11.7 Å². The van der Waals surface area contributed by atoms with Crippen LogP contribution in [0.2, 0.25) is 0 Å². The standard InChI is InChI=1S/C23H17FN2O3/c24-16-9-7-8-15(14-16)20-19-21(29-26(20)18-12-5-2-6-13-18)23(28)25(22(19)27)17-10-3-1-4-11-17/h1-14,19-21H/t19-,20+,21-/m1/s1. The number of rotatable bonds is 3. The number of para-hydroxylation sites is 2. The van der Waals surface area contributed by atoms with Crippen molar-refractivity contribution in [3.63, 3.8) is 0 Å². The molecule has 29 heavy (non-hydrogen) atoms. The first-order chi connectivity index (χ1) is 14.1. The van der Waals surface area contributed by atoms with E-state index in [2.05, 4.69) is 0 Å². The van der Waals surface area contributed by atoms with Crippen molar-refractivity contribution >= 4 is 23.2 Å². The third kappa shape index (κ3) is 2.80. The highest BCUT2D eigenvalue weighted by Gasteiger charge is 2.60. The number of nitrogens with zero attached hydrogens (tertiary/aromatic N) is 2. The molecule has 0 bridgehead atoms. The SMILES string of the molecule is O=C1[C@H]2[C@@H](ON(c3ccccc3)[C@H]2c2cccc(F)c2)C(=O)N1c1ccccc1. The molecule has 5 nitrogen and oxygen atoms in total. The van der Waals surface area contributed by atoms with Crippen molar-refractivity contribution in [2.75, 3.05) is 9.96 Å². The summed E-state index contributed by atoms with van der Waals surface area (Å²) in [7, 11) is 0. The largest absolute Gasteiger partial charge is 0.273 e. The van der Waals surface area contributed by atoms with Gasteiger partial charge < -0.3 is 0 Å². The molecular formula is C23H17FN2O3. The topological polar surface area (TPSA) is 49.9 Å². The van der Waals surface area contributed by atoms with Gasteiger partial charge in [-0.3, -0.25) is 14.4 Å². The fraction of sp³-hybridized carbons (Fsp3) is 0.130. The molecule has 0 unspecified atom stereocenters. The Hall–Kier alpha value is -3.51. The zero-order valence-corrected chi connectivity index (χ0v) is 15.3. The van der Waals surface area contributed by atoms with Crippen molar-refractivity contribution < 1.29 is 18.8 Å². The number of hydrogen-bond acceptors (Lipinski definition) is 4. The van der Waals surface area contributed by atoms with E-state index in [0.717, 1.165) is 0 Å². The first-order valence-corrected chi connectivity index (χ1v) is 9.34. The van der Waals surface area contributed by atoms with Gasteiger partial charge >= 0.3 is 0 Å². The zero-order valence-electron chi connectivity index (χ0n) is 15.3. The number of carbonyl (C=O) groups excluding carboxylic acids is 2. The van der Waals surface area contributed by atoms with Gasteiger partial charge in [0.05, 0.1) is 17.4 Å². The van der Waals surface area contributed by atoms with E-state index in [1.165, 1.54) is 17.0 Å². The van der Waals surface area contributed by atoms with E-state index in [1.807, 2.05) is 36.4 Å². The minimum atomic E-state index is -0.962. The molecule has 2 fully saturated rings. The lowest BCUT2D eigenvalue weighted by molar-refractivity contribution is -0.126. The van der Waals surface area contributed by atoms with Crippen LogP contribution in [0.5, 0.6) is 0 Å². The summed E-state index contributed by atoms with van der Waals surface area (Å²) in [4.78, 5) is 33.6. The van der Waals surface area contributed by atoms with Gasteiger partial charge in [0, 0.05) is 0 Å². The molecule has 2 amide bonds. The summed E-state index contributed by atoms with van der Waals surface area (Å²) in [6.07, 6.45) is -0.962. The highest BCUT2D eigenvalue weighted by molar-refractivity contribution is 6.23. The van der Waals surface area contributed by atoms with Crippen LogP contribution in [-0.2, 0) is 14.4 Å². The maximum Gasteiger partial charge on any atom is 0.266 e. The Morgan fingerprint density at radius 1 is 0.759 bits per heavy atom. The molecule has 144 valence electrons. The van der Waals surface area contributed by atoms with Gasteiger partial charge in [-0.05, 0) is 42.0 Å². The lowest BCUT2D eigenvalue weighted by Crippen LogP contribution is -2.37. The van der Waals surface area contributed by atoms with Crippen LogP contribution in [0.1, 0.15) is 11.6 Å². The number of fused-ring (bicyclic) bond motifs is 1. The van der Waals surface area contributed by atoms with E-state index in [1.54, 1.807) is 41.5 Å². The molecule has 5 rings (SSSR count). The van der Waals surface area contributed by atoms with E-state index in [-0.39, 0.29) is 5.91 Å². The van der Waals surface area contributed by atoms with E-state index in [0.29, 0.717) is 16.9 Å². The molecule has 3 aromatic rings. The molecular weight excluding hydrogens is 371 g/mol. The Bertz CT molecular complexity index is 1070. The van der Waals surface area contributed by atoms with Crippen LogP contribution < -0.4 is 9.96 Å². The summed E-state index contributed by atoms with van der Waals surface area (Å²) in [5.74, 6) is -1.94. The molecule has 3 aromatic carbocycles. The van der Waals surface area contributed by atoms with Gasteiger partial charge in [-0.2, -0.15) is 0 Å². The third-order valence-electron chi connectivity index (χ3n) is 5.33. The average molecular weight is 388 g/mol. The van der Waals surface area contributed by atoms with Crippen LogP contribution in [0.4, 0.5) is 15.8 Å². The summed E-state index contributed by atoms with van der Waals surface area (Å²) in [6.45, 7) is 0. The van der Waals surface area contributed by atoms with Crippen LogP contribution >= 0.6 is 0 Å². The Labute approximate surface area is 166 Å². The molecule has 2 saturated heterocycles. The highest BCUT2D eigenvalue weighted by atomic mass is 19.1. The third-order valence-corrected chi connectivity index (χ3v) is 5.33. The van der Waals surface area contributed by atoms with Gasteiger partial charge in [-0.25, -0.2) is 14.4 Å². The second-order valence-corrected chi connectivity index (χ2v) is 7.06. The molecule has 2 aliphatic rings. The summed E-state index contributed by atoms with van der Waals surface area (Å²) in [6, 6.07) is 23.4. The summed E-state index contributed by atoms with van der Waals surface area (Å²) >= 11 is 0. The van der Waals surface area contributed by atoms with Gasteiger partial charge in [0.15, 0.2) is 6.10 Å². The van der Waals surface area contributed by atoms with Crippen molar-refractivity contribution in [3.05, 3.63) is 96.3 Å². The molecule has 2 aliphatic heterocycles. The molecule has 6 heteroatoms. The minimum absolute atomic E-state index is 0.348. The van der Waals surface area contributed by atoms with Gasteiger partial charge in [0.2, 0.25) is 5.91 Å². The Morgan fingerprint density at radius 3 is 2.07 bits per heavy atom. The van der Waals surface area contributed by atoms with Crippen LogP contribution in [0.25, 0.3) is 0 Å². The first-order valence-electron chi connectivity index (χ1n) is 9.34. The van der Waals surface area contributed by atoms with E-state index in [9.17, 15) is 14.0 Å². The number of halogens is 1. The highest BCUT2D eigenvalue weighted by Crippen LogP contribution is 2.47. The van der Waals surface area contributed by atoms with Crippen molar-refractivity contribution in [3.8, 4) is 0 Å². The quantitative estimate of drug-likeness (QED) is 0.639. The molecule has 0 aromatic heterocycles. The van der Waals surface area contributed by atoms with Crippen molar-refractivity contribution in [1.29, 1.82) is 0 Å². The minimum Gasteiger partial charge on any atom is -0.273 e. The fourth-order valence-electron chi connectivity index (χ4n) is 4.07. The summed E-state index contributed by atoms with van der Waals surface area (Å²) in [5.41, 5.74) is 1.78. The number of benzene rings is 3. The van der Waals surface area contributed by atoms with E-state index < -0.39 is 29.8 Å². The number of hydrogen-bond donors (Lipinski definition) is 0. The second kappa shape index (κ2) is 6.83. The van der Waals surface area contributed by atoms with Gasteiger partial charge in [0.25, 0.3) is 5.91 Å². The van der Waals surface area contributed by atoms with Crippen molar-refractivity contribution in [2.24, 2.45) is 5.92 Å².